The summed E-state index contributed by atoms with van der Waals surface area (Å²) in [4.78, 5) is 12.6. The third kappa shape index (κ3) is 3.63. The van der Waals surface area contributed by atoms with Crippen molar-refractivity contribution in [3.05, 3.63) is 65.7 Å². The molecule has 0 aliphatic carbocycles. The van der Waals surface area contributed by atoms with Gasteiger partial charge in [0.1, 0.15) is 0 Å². The van der Waals surface area contributed by atoms with Crippen LogP contribution in [0.5, 0.6) is 0 Å². The van der Waals surface area contributed by atoms with Crippen LogP contribution in [0.3, 0.4) is 0 Å². The van der Waals surface area contributed by atoms with E-state index in [2.05, 4.69) is 0 Å². The zero-order valence-corrected chi connectivity index (χ0v) is 14.4. The number of hydrogen-bond acceptors (Lipinski definition) is 4. The van der Waals surface area contributed by atoms with Gasteiger partial charge in [0.25, 0.3) is 0 Å². The van der Waals surface area contributed by atoms with E-state index in [-0.39, 0.29) is 16.6 Å². The molecule has 6 heteroatoms. The molecule has 0 bridgehead atoms. The predicted octanol–water partition coefficient (Wildman–Crippen LogP) is 2.84. The van der Waals surface area contributed by atoms with Gasteiger partial charge < -0.3 is 0 Å². The van der Waals surface area contributed by atoms with E-state index in [1.54, 1.807) is 24.3 Å². The van der Waals surface area contributed by atoms with Gasteiger partial charge in [0.2, 0.25) is 10.0 Å². The van der Waals surface area contributed by atoms with Gasteiger partial charge >= 0.3 is 0 Å². The highest BCUT2D eigenvalue weighted by molar-refractivity contribution is 7.89. The Kier molecular flexibility index (Phi) is 4.98. The zero-order chi connectivity index (χ0) is 17.9. The summed E-state index contributed by atoms with van der Waals surface area (Å²) >= 11 is 0. The van der Waals surface area contributed by atoms with Crippen LogP contribution in [-0.2, 0) is 10.0 Å². The minimum Gasteiger partial charge on any atom is -0.294 e. The monoisotopic (exact) mass is 354 g/mol. The van der Waals surface area contributed by atoms with Crippen LogP contribution in [-0.4, -0.2) is 31.6 Å². The van der Waals surface area contributed by atoms with Crippen LogP contribution in [0.4, 0.5) is 0 Å². The topological polar surface area (TPSA) is 78.2 Å². The molecule has 0 aromatic heterocycles. The first-order chi connectivity index (χ1) is 12.0. The Morgan fingerprint density at radius 3 is 2.36 bits per heavy atom. The van der Waals surface area contributed by atoms with E-state index in [0.717, 1.165) is 0 Å². The van der Waals surface area contributed by atoms with Crippen molar-refractivity contribution >= 4 is 15.8 Å². The van der Waals surface area contributed by atoms with Crippen molar-refractivity contribution in [1.82, 2.24) is 4.31 Å². The molecule has 0 atom stereocenters. The molecule has 128 valence electrons. The molecule has 2 aromatic rings. The van der Waals surface area contributed by atoms with Crippen LogP contribution in [0.1, 0.15) is 28.8 Å². The Morgan fingerprint density at radius 1 is 1.04 bits per heavy atom. The molecule has 5 nitrogen and oxygen atoms in total. The number of carbonyl (C=O) groups excluding carboxylic acids is 1. The third-order valence-electron chi connectivity index (χ3n) is 4.48. The molecule has 3 rings (SSSR count). The third-order valence-corrected chi connectivity index (χ3v) is 6.38. The molecule has 25 heavy (non-hydrogen) atoms. The van der Waals surface area contributed by atoms with E-state index < -0.39 is 10.0 Å². The quantitative estimate of drug-likeness (QED) is 0.791. The number of piperidine rings is 1. The van der Waals surface area contributed by atoms with E-state index in [1.807, 2.05) is 24.3 Å². The van der Waals surface area contributed by atoms with Crippen molar-refractivity contribution in [2.75, 3.05) is 13.1 Å². The Morgan fingerprint density at radius 2 is 1.72 bits per heavy atom. The number of benzene rings is 2. The highest BCUT2D eigenvalue weighted by Crippen LogP contribution is 2.26. The van der Waals surface area contributed by atoms with Gasteiger partial charge in [-0.25, -0.2) is 8.42 Å². The number of sulfonamides is 1. The molecule has 0 saturated carbocycles. The van der Waals surface area contributed by atoms with Gasteiger partial charge in [-0.3, -0.25) is 4.79 Å². The summed E-state index contributed by atoms with van der Waals surface area (Å²) in [5.74, 6) is -0.0802. The van der Waals surface area contributed by atoms with Crippen LogP contribution in [0.2, 0.25) is 0 Å². The van der Waals surface area contributed by atoms with Crippen molar-refractivity contribution in [2.24, 2.45) is 5.92 Å². The first-order valence-corrected chi connectivity index (χ1v) is 9.56. The second kappa shape index (κ2) is 7.18. The predicted molar refractivity (Wildman–Crippen MR) is 93.4 cm³/mol. The van der Waals surface area contributed by atoms with E-state index in [0.29, 0.717) is 37.1 Å². The standard InChI is InChI=1S/C19H18N2O3S/c20-14-15-5-4-8-18(13-15)25(23,24)21-11-9-17(10-12-21)19(22)16-6-2-1-3-7-16/h1-8,13,17H,9-12H2. The summed E-state index contributed by atoms with van der Waals surface area (Å²) in [6.07, 6.45) is 1.01. The molecule has 0 amide bonds. The molecule has 0 radical (unpaired) electrons. The van der Waals surface area contributed by atoms with Crippen LogP contribution in [0.25, 0.3) is 0 Å². The van der Waals surface area contributed by atoms with Gasteiger partial charge in [-0.1, -0.05) is 36.4 Å². The Bertz CT molecular complexity index is 909. The normalized spacial score (nSPS) is 16.3. The number of rotatable bonds is 4. The van der Waals surface area contributed by atoms with Crippen molar-refractivity contribution in [1.29, 1.82) is 5.26 Å². The average Bonchev–Trinajstić information content (AvgIpc) is 2.68. The van der Waals surface area contributed by atoms with Gasteiger partial charge in [-0.15, -0.1) is 0 Å². The molecule has 1 saturated heterocycles. The molecule has 0 spiro atoms. The van der Waals surface area contributed by atoms with Crippen LogP contribution in [0, 0.1) is 17.2 Å². The van der Waals surface area contributed by atoms with Gasteiger partial charge in [-0.05, 0) is 31.0 Å². The zero-order valence-electron chi connectivity index (χ0n) is 13.6. The molecule has 1 aliphatic rings. The molecule has 1 aliphatic heterocycles. The lowest BCUT2D eigenvalue weighted by molar-refractivity contribution is 0.0875. The Balaban J connectivity index is 1.71. The van der Waals surface area contributed by atoms with Crippen LogP contribution in [0.15, 0.2) is 59.5 Å². The lowest BCUT2D eigenvalue weighted by Crippen LogP contribution is -2.40. The number of nitriles is 1. The Hall–Kier alpha value is -2.49. The Labute approximate surface area is 147 Å². The fraction of sp³-hybridized carbons (Fsp3) is 0.263. The van der Waals surface area contributed by atoms with Gasteiger partial charge in [0, 0.05) is 24.6 Å². The van der Waals surface area contributed by atoms with Gasteiger partial charge in [0.05, 0.1) is 16.5 Å². The highest BCUT2D eigenvalue weighted by Gasteiger charge is 2.32. The summed E-state index contributed by atoms with van der Waals surface area (Å²) in [5, 5.41) is 8.95. The van der Waals surface area contributed by atoms with Gasteiger partial charge in [-0.2, -0.15) is 9.57 Å². The second-order valence-electron chi connectivity index (χ2n) is 6.05. The van der Waals surface area contributed by atoms with Crippen molar-refractivity contribution < 1.29 is 13.2 Å². The number of hydrogen-bond donors (Lipinski definition) is 0. The van der Waals surface area contributed by atoms with Crippen molar-refractivity contribution in [2.45, 2.75) is 17.7 Å². The smallest absolute Gasteiger partial charge is 0.243 e. The molecule has 2 aromatic carbocycles. The highest BCUT2D eigenvalue weighted by atomic mass is 32.2. The maximum atomic E-state index is 12.7. The maximum Gasteiger partial charge on any atom is 0.243 e. The minimum atomic E-state index is -3.64. The maximum absolute atomic E-state index is 12.7. The first kappa shape index (κ1) is 17.3. The average molecular weight is 354 g/mol. The molecular weight excluding hydrogens is 336 g/mol. The lowest BCUT2D eigenvalue weighted by atomic mass is 9.90. The molecule has 0 N–H and O–H groups in total. The minimum absolute atomic E-state index is 0.0733. The molecule has 1 fully saturated rings. The van der Waals surface area contributed by atoms with E-state index in [4.69, 9.17) is 5.26 Å². The summed E-state index contributed by atoms with van der Waals surface area (Å²) in [6, 6.07) is 17.1. The van der Waals surface area contributed by atoms with E-state index >= 15 is 0 Å². The number of ketones is 1. The molecule has 1 heterocycles. The summed E-state index contributed by atoms with van der Waals surface area (Å²) < 4.78 is 26.9. The van der Waals surface area contributed by atoms with Crippen LogP contribution >= 0.6 is 0 Å². The van der Waals surface area contributed by atoms with Crippen LogP contribution < -0.4 is 0 Å². The number of Topliss-reactive ketones (excluding diaryl/α,β-unsaturated/α-hetero) is 1. The van der Waals surface area contributed by atoms with E-state index in [9.17, 15) is 13.2 Å². The number of carbonyl (C=O) groups is 1. The largest absolute Gasteiger partial charge is 0.294 e. The summed E-state index contributed by atoms with van der Waals surface area (Å²) in [6.45, 7) is 0.616. The fourth-order valence-corrected chi connectivity index (χ4v) is 4.59. The summed E-state index contributed by atoms with van der Waals surface area (Å²) in [5.41, 5.74) is 0.987. The van der Waals surface area contributed by atoms with E-state index in [1.165, 1.54) is 16.4 Å². The fourth-order valence-electron chi connectivity index (χ4n) is 3.07. The molecular formula is C19H18N2O3S. The SMILES string of the molecule is N#Cc1cccc(S(=O)(=O)N2CCC(C(=O)c3ccccc3)CC2)c1. The first-order valence-electron chi connectivity index (χ1n) is 8.12. The van der Waals surface area contributed by atoms with Gasteiger partial charge in [0.15, 0.2) is 5.78 Å². The lowest BCUT2D eigenvalue weighted by Gasteiger charge is -2.30. The van der Waals surface area contributed by atoms with Crippen molar-refractivity contribution in [3.63, 3.8) is 0 Å². The van der Waals surface area contributed by atoms with Crippen molar-refractivity contribution in [3.8, 4) is 6.07 Å². The summed E-state index contributed by atoms with van der Waals surface area (Å²) in [7, 11) is -3.64. The second-order valence-corrected chi connectivity index (χ2v) is 7.99. The number of nitrogens with zero attached hydrogens (tertiary/aromatic N) is 2. The molecule has 0 unspecified atom stereocenters.